The lowest BCUT2D eigenvalue weighted by Gasteiger charge is -2.20. The van der Waals surface area contributed by atoms with Crippen molar-refractivity contribution in [2.24, 2.45) is 5.92 Å². The van der Waals surface area contributed by atoms with Gasteiger partial charge in [0.25, 0.3) is 0 Å². The monoisotopic (exact) mass is 304 g/mol. The predicted octanol–water partition coefficient (Wildman–Crippen LogP) is 0.0698. The van der Waals surface area contributed by atoms with Gasteiger partial charge in [-0.25, -0.2) is 13.2 Å². The summed E-state index contributed by atoms with van der Waals surface area (Å²) < 4.78 is 22.6. The fraction of sp³-hybridized carbons (Fsp3) is 0.833. The van der Waals surface area contributed by atoms with Crippen LogP contribution in [0, 0.1) is 5.92 Å². The highest BCUT2D eigenvalue weighted by molar-refractivity contribution is 7.91. The molecular weight excluding hydrogens is 284 g/mol. The van der Waals surface area contributed by atoms with E-state index in [1.165, 1.54) is 0 Å². The first-order chi connectivity index (χ1) is 9.35. The topological polar surface area (TPSA) is 104 Å². The fourth-order valence-electron chi connectivity index (χ4n) is 2.76. The van der Waals surface area contributed by atoms with Gasteiger partial charge in [-0.2, -0.15) is 0 Å². The Labute approximate surface area is 118 Å². The minimum Gasteiger partial charge on any atom is -0.481 e. The molecule has 2 saturated heterocycles. The Kier molecular flexibility index (Phi) is 4.52. The normalized spacial score (nSPS) is 28.5. The van der Waals surface area contributed by atoms with Gasteiger partial charge < -0.3 is 15.3 Å². The molecule has 114 valence electrons. The third kappa shape index (κ3) is 4.09. The number of hydrogen-bond acceptors (Lipinski definition) is 4. The van der Waals surface area contributed by atoms with Crippen LogP contribution in [0.1, 0.15) is 25.7 Å². The molecule has 0 spiro atoms. The van der Waals surface area contributed by atoms with Gasteiger partial charge in [-0.05, 0) is 25.2 Å². The summed E-state index contributed by atoms with van der Waals surface area (Å²) in [6.07, 6.45) is 1.99. The smallest absolute Gasteiger partial charge is 0.317 e. The van der Waals surface area contributed by atoms with Gasteiger partial charge in [0.05, 0.1) is 11.5 Å². The van der Waals surface area contributed by atoms with Crippen molar-refractivity contribution in [3.8, 4) is 0 Å². The van der Waals surface area contributed by atoms with Crippen LogP contribution in [0.4, 0.5) is 4.79 Å². The summed E-state index contributed by atoms with van der Waals surface area (Å²) in [5, 5.41) is 11.4. The van der Waals surface area contributed by atoms with Gasteiger partial charge in [-0.15, -0.1) is 0 Å². The summed E-state index contributed by atoms with van der Waals surface area (Å²) in [5.41, 5.74) is 0. The molecule has 2 unspecified atom stereocenters. The molecule has 2 atom stereocenters. The first-order valence-electron chi connectivity index (χ1n) is 6.83. The van der Waals surface area contributed by atoms with E-state index in [-0.39, 0.29) is 35.9 Å². The van der Waals surface area contributed by atoms with E-state index in [9.17, 15) is 18.0 Å². The number of likely N-dealkylation sites (tertiary alicyclic amines) is 1. The Morgan fingerprint density at radius 3 is 2.65 bits per heavy atom. The van der Waals surface area contributed by atoms with Crippen molar-refractivity contribution in [1.29, 1.82) is 0 Å². The highest BCUT2D eigenvalue weighted by Gasteiger charge is 2.32. The summed E-state index contributed by atoms with van der Waals surface area (Å²) in [5.74, 6) is -0.429. The molecule has 2 rings (SSSR count). The molecule has 0 aliphatic carbocycles. The summed E-state index contributed by atoms with van der Waals surface area (Å²) in [4.78, 5) is 24.2. The number of carbonyl (C=O) groups excluding carboxylic acids is 1. The summed E-state index contributed by atoms with van der Waals surface area (Å²) >= 11 is 0. The van der Waals surface area contributed by atoms with Gasteiger partial charge >= 0.3 is 12.0 Å². The van der Waals surface area contributed by atoms with Crippen LogP contribution < -0.4 is 5.32 Å². The molecule has 2 aliphatic heterocycles. The first-order valence-corrected chi connectivity index (χ1v) is 8.65. The largest absolute Gasteiger partial charge is 0.481 e. The molecule has 2 heterocycles. The Bertz CT molecular complexity index is 490. The molecule has 2 amide bonds. The van der Waals surface area contributed by atoms with Crippen molar-refractivity contribution in [3.63, 3.8) is 0 Å². The minimum absolute atomic E-state index is 0.0228. The van der Waals surface area contributed by atoms with E-state index in [1.807, 2.05) is 0 Å². The van der Waals surface area contributed by atoms with Crippen LogP contribution in [-0.4, -0.2) is 61.1 Å². The lowest BCUT2D eigenvalue weighted by molar-refractivity contribution is -0.137. The second-order valence-electron chi connectivity index (χ2n) is 5.58. The Morgan fingerprint density at radius 2 is 2.05 bits per heavy atom. The van der Waals surface area contributed by atoms with Gasteiger partial charge in [0.2, 0.25) is 0 Å². The average molecular weight is 304 g/mol. The van der Waals surface area contributed by atoms with Crippen molar-refractivity contribution < 1.29 is 23.1 Å². The Balaban J connectivity index is 1.76. The van der Waals surface area contributed by atoms with E-state index in [1.54, 1.807) is 4.90 Å². The number of carbonyl (C=O) groups is 2. The predicted molar refractivity (Wildman–Crippen MR) is 72.1 cm³/mol. The van der Waals surface area contributed by atoms with E-state index < -0.39 is 15.8 Å². The van der Waals surface area contributed by atoms with Crippen molar-refractivity contribution in [2.75, 3.05) is 24.6 Å². The van der Waals surface area contributed by atoms with Gasteiger partial charge in [-0.3, -0.25) is 4.79 Å². The van der Waals surface area contributed by atoms with Crippen molar-refractivity contribution >= 4 is 21.8 Å². The maximum Gasteiger partial charge on any atom is 0.317 e. The van der Waals surface area contributed by atoms with Crippen LogP contribution in [0.5, 0.6) is 0 Å². The maximum absolute atomic E-state index is 12.0. The van der Waals surface area contributed by atoms with E-state index in [4.69, 9.17) is 5.11 Å². The summed E-state index contributed by atoms with van der Waals surface area (Å²) in [6, 6.07) is -0.518. The lowest BCUT2D eigenvalue weighted by Crippen LogP contribution is -2.44. The molecule has 2 aliphatic rings. The SMILES string of the molecule is O=C(O)CCC1CCN(C(=O)NC2CCS(=O)(=O)C2)C1. The number of aliphatic carboxylic acids is 1. The molecule has 0 aromatic heterocycles. The zero-order valence-electron chi connectivity index (χ0n) is 11.2. The molecule has 0 aromatic rings. The van der Waals surface area contributed by atoms with Crippen LogP contribution in [0.15, 0.2) is 0 Å². The highest BCUT2D eigenvalue weighted by Crippen LogP contribution is 2.21. The average Bonchev–Trinajstić information content (AvgIpc) is 2.93. The number of rotatable bonds is 4. The number of nitrogens with zero attached hydrogens (tertiary/aromatic N) is 1. The van der Waals surface area contributed by atoms with E-state index in [2.05, 4.69) is 5.32 Å². The number of carboxylic acid groups (broad SMARTS) is 1. The summed E-state index contributed by atoms with van der Waals surface area (Å²) in [7, 11) is -2.99. The van der Waals surface area contributed by atoms with E-state index >= 15 is 0 Å². The standard InChI is InChI=1S/C12H20N2O5S/c15-11(16)2-1-9-3-5-14(7-9)12(17)13-10-4-6-20(18,19)8-10/h9-10H,1-8H2,(H,13,17)(H,15,16). The van der Waals surface area contributed by atoms with Crippen LogP contribution in [-0.2, 0) is 14.6 Å². The van der Waals surface area contributed by atoms with Gasteiger partial charge in [0.15, 0.2) is 9.84 Å². The molecule has 2 fully saturated rings. The third-order valence-corrected chi connectivity index (χ3v) is 5.67. The highest BCUT2D eigenvalue weighted by atomic mass is 32.2. The minimum atomic E-state index is -2.99. The quantitative estimate of drug-likeness (QED) is 0.765. The molecule has 7 nitrogen and oxygen atoms in total. The number of urea groups is 1. The third-order valence-electron chi connectivity index (χ3n) is 3.90. The van der Waals surface area contributed by atoms with Crippen molar-refractivity contribution in [2.45, 2.75) is 31.7 Å². The zero-order valence-corrected chi connectivity index (χ0v) is 12.1. The fourth-order valence-corrected chi connectivity index (χ4v) is 4.43. The molecular formula is C12H20N2O5S. The first kappa shape index (κ1) is 15.1. The van der Waals surface area contributed by atoms with Gasteiger partial charge in [0, 0.05) is 25.6 Å². The van der Waals surface area contributed by atoms with E-state index in [0.717, 1.165) is 6.42 Å². The zero-order chi connectivity index (χ0) is 14.8. The number of sulfone groups is 1. The number of hydrogen-bond donors (Lipinski definition) is 2. The Hall–Kier alpha value is -1.31. The number of carboxylic acids is 1. The van der Waals surface area contributed by atoms with Crippen molar-refractivity contribution in [3.05, 3.63) is 0 Å². The van der Waals surface area contributed by atoms with Crippen LogP contribution in [0.25, 0.3) is 0 Å². The lowest BCUT2D eigenvalue weighted by atomic mass is 10.0. The second-order valence-corrected chi connectivity index (χ2v) is 7.81. The van der Waals surface area contributed by atoms with Crippen molar-refractivity contribution in [1.82, 2.24) is 10.2 Å². The Morgan fingerprint density at radius 1 is 1.30 bits per heavy atom. The van der Waals surface area contributed by atoms with Gasteiger partial charge in [0.1, 0.15) is 0 Å². The molecule has 0 bridgehead atoms. The molecule has 2 N–H and O–H groups in total. The van der Waals surface area contributed by atoms with Crippen LogP contribution in [0.3, 0.4) is 0 Å². The number of nitrogens with one attached hydrogen (secondary N) is 1. The van der Waals surface area contributed by atoms with E-state index in [0.29, 0.717) is 25.9 Å². The molecule has 20 heavy (non-hydrogen) atoms. The molecule has 0 aromatic carbocycles. The van der Waals surface area contributed by atoms with Crippen LogP contribution in [0.2, 0.25) is 0 Å². The van der Waals surface area contributed by atoms with Gasteiger partial charge in [-0.1, -0.05) is 0 Å². The maximum atomic E-state index is 12.0. The van der Waals surface area contributed by atoms with Crippen LogP contribution >= 0.6 is 0 Å². The summed E-state index contributed by atoms with van der Waals surface area (Å²) in [6.45, 7) is 1.16. The molecule has 0 saturated carbocycles. The molecule has 8 heteroatoms. The second kappa shape index (κ2) is 5.99. The number of amides is 2. The molecule has 0 radical (unpaired) electrons.